The Hall–Kier alpha value is -2.70. The number of aromatic amines is 1. The van der Waals surface area contributed by atoms with Gasteiger partial charge in [-0.05, 0) is 43.0 Å². The molecule has 2 aromatic rings. The Bertz CT molecular complexity index is 810. The Kier molecular flexibility index (Phi) is 5.65. The largest absolute Gasteiger partial charge is 0.493 e. The van der Waals surface area contributed by atoms with Crippen molar-refractivity contribution in [3.05, 3.63) is 40.3 Å². The first-order valence-electron chi connectivity index (χ1n) is 8.99. The van der Waals surface area contributed by atoms with Crippen molar-refractivity contribution in [1.29, 1.82) is 0 Å². The number of carbonyl (C=O) groups excluding carboxylic acids is 1. The molecule has 1 fully saturated rings. The molecule has 0 bridgehead atoms. The molecule has 1 amide bonds. The Morgan fingerprint density at radius 3 is 2.62 bits per heavy atom. The van der Waals surface area contributed by atoms with Crippen LogP contribution in [0.3, 0.4) is 0 Å². The van der Waals surface area contributed by atoms with Crippen LogP contribution in [0.5, 0.6) is 5.75 Å². The van der Waals surface area contributed by atoms with Gasteiger partial charge < -0.3 is 15.0 Å². The lowest BCUT2D eigenvalue weighted by atomic mass is 10.2. The molecule has 3 rings (SSSR count). The highest BCUT2D eigenvalue weighted by Gasteiger charge is 2.23. The summed E-state index contributed by atoms with van der Waals surface area (Å²) in [5.74, 6) is 1.58. The molecule has 1 aliphatic rings. The summed E-state index contributed by atoms with van der Waals surface area (Å²) in [5.41, 5.74) is 0.718. The molecule has 0 unspecified atom stereocenters. The lowest BCUT2D eigenvalue weighted by molar-refractivity contribution is -0.121. The van der Waals surface area contributed by atoms with E-state index in [2.05, 4.69) is 34.3 Å². The second-order valence-electron chi connectivity index (χ2n) is 7.02. The van der Waals surface area contributed by atoms with E-state index in [0.717, 1.165) is 24.2 Å². The number of aryl methyl sites for hydroxylation is 1. The number of rotatable bonds is 8. The minimum atomic E-state index is -0.311. The lowest BCUT2D eigenvalue weighted by Gasteiger charge is -2.09. The minimum absolute atomic E-state index is 0.0465. The number of nitrogens with one attached hydrogen (secondary N) is 2. The topological polar surface area (TPSA) is 97.0 Å². The van der Waals surface area contributed by atoms with Crippen LogP contribution in [0.4, 0.5) is 0 Å². The molecule has 0 radical (unpaired) electrons. The summed E-state index contributed by atoms with van der Waals surface area (Å²) in [4.78, 5) is 26.6. The summed E-state index contributed by atoms with van der Waals surface area (Å²) in [5, 5.41) is 11.0. The Morgan fingerprint density at radius 2 is 2.00 bits per heavy atom. The molecule has 26 heavy (non-hydrogen) atoms. The highest BCUT2D eigenvalue weighted by Crippen LogP contribution is 2.19. The van der Waals surface area contributed by atoms with E-state index in [0.29, 0.717) is 24.4 Å². The Labute approximate surface area is 152 Å². The minimum Gasteiger partial charge on any atom is -0.493 e. The van der Waals surface area contributed by atoms with Crippen molar-refractivity contribution in [3.8, 4) is 17.1 Å². The van der Waals surface area contributed by atoms with Crippen molar-refractivity contribution in [2.75, 3.05) is 6.61 Å². The molecule has 1 aromatic heterocycles. The number of ether oxygens (including phenoxy) is 1. The molecule has 1 saturated carbocycles. The average molecular weight is 356 g/mol. The molecule has 7 heteroatoms. The van der Waals surface area contributed by atoms with Gasteiger partial charge in [-0.3, -0.25) is 9.59 Å². The normalized spacial score (nSPS) is 13.7. The van der Waals surface area contributed by atoms with Crippen molar-refractivity contribution in [2.24, 2.45) is 5.92 Å². The maximum Gasteiger partial charge on any atom is 0.273 e. The first-order chi connectivity index (χ1) is 12.5. The third-order valence-corrected chi connectivity index (χ3v) is 4.01. The van der Waals surface area contributed by atoms with Gasteiger partial charge in [0.05, 0.1) is 6.61 Å². The van der Waals surface area contributed by atoms with Gasteiger partial charge >= 0.3 is 0 Å². The molecule has 0 saturated heterocycles. The van der Waals surface area contributed by atoms with Crippen molar-refractivity contribution in [1.82, 2.24) is 20.5 Å². The van der Waals surface area contributed by atoms with Gasteiger partial charge in [0.15, 0.2) is 5.82 Å². The van der Waals surface area contributed by atoms with Gasteiger partial charge in [-0.15, -0.1) is 10.2 Å². The van der Waals surface area contributed by atoms with E-state index in [1.54, 1.807) is 0 Å². The van der Waals surface area contributed by atoms with Crippen LogP contribution in [-0.2, 0) is 11.2 Å². The first kappa shape index (κ1) is 18.1. The van der Waals surface area contributed by atoms with E-state index in [-0.39, 0.29) is 30.0 Å². The van der Waals surface area contributed by atoms with Gasteiger partial charge in [0.25, 0.3) is 5.56 Å². The summed E-state index contributed by atoms with van der Waals surface area (Å²) in [7, 11) is 0. The molecule has 138 valence electrons. The molecule has 2 N–H and O–H groups in total. The van der Waals surface area contributed by atoms with Gasteiger partial charge in [0, 0.05) is 24.4 Å². The Morgan fingerprint density at radius 1 is 1.27 bits per heavy atom. The van der Waals surface area contributed by atoms with Crippen molar-refractivity contribution < 1.29 is 9.53 Å². The zero-order chi connectivity index (χ0) is 18.5. The van der Waals surface area contributed by atoms with E-state index < -0.39 is 0 Å². The van der Waals surface area contributed by atoms with Gasteiger partial charge in [0.2, 0.25) is 5.91 Å². The smallest absolute Gasteiger partial charge is 0.273 e. The fraction of sp³-hybridized carbons (Fsp3) is 0.474. The van der Waals surface area contributed by atoms with Crippen LogP contribution in [0.25, 0.3) is 11.4 Å². The molecule has 1 aromatic carbocycles. The predicted molar refractivity (Wildman–Crippen MR) is 97.9 cm³/mol. The monoisotopic (exact) mass is 356 g/mol. The molecule has 0 spiro atoms. The summed E-state index contributed by atoms with van der Waals surface area (Å²) < 4.78 is 5.64. The van der Waals surface area contributed by atoms with Crippen molar-refractivity contribution in [3.63, 3.8) is 0 Å². The van der Waals surface area contributed by atoms with Crippen LogP contribution in [0, 0.1) is 5.92 Å². The second kappa shape index (κ2) is 8.12. The Balaban J connectivity index is 1.61. The summed E-state index contributed by atoms with van der Waals surface area (Å²) in [6.07, 6.45) is 2.61. The fourth-order valence-electron chi connectivity index (χ4n) is 2.39. The molecule has 1 aliphatic carbocycles. The highest BCUT2D eigenvalue weighted by molar-refractivity contribution is 5.76. The van der Waals surface area contributed by atoms with Crippen LogP contribution in [0.1, 0.15) is 38.8 Å². The van der Waals surface area contributed by atoms with Gasteiger partial charge in [-0.2, -0.15) is 0 Å². The van der Waals surface area contributed by atoms with Crippen LogP contribution in [0.2, 0.25) is 0 Å². The van der Waals surface area contributed by atoms with Crippen LogP contribution in [0.15, 0.2) is 29.1 Å². The molecule has 0 aliphatic heterocycles. The number of amides is 1. The zero-order valence-corrected chi connectivity index (χ0v) is 15.1. The average Bonchev–Trinajstić information content (AvgIpc) is 3.43. The van der Waals surface area contributed by atoms with E-state index >= 15 is 0 Å². The van der Waals surface area contributed by atoms with Gasteiger partial charge in [0.1, 0.15) is 11.4 Å². The number of carbonyl (C=O) groups is 1. The standard InChI is InChI=1S/C19H24N4O3/c1-12(2)11-26-15-7-3-13(4-8-15)18-21-19(25)16(22-23-18)9-10-17(24)20-14-5-6-14/h3-4,7-8,12,14H,5-6,9-11H2,1-2H3,(H,20,24)(H,21,23,25). The van der Waals surface area contributed by atoms with E-state index in [4.69, 9.17) is 4.74 Å². The van der Waals surface area contributed by atoms with E-state index in [9.17, 15) is 9.59 Å². The van der Waals surface area contributed by atoms with E-state index in [1.807, 2.05) is 24.3 Å². The SMILES string of the molecule is CC(C)COc1ccc(-c2nnc(CCC(=O)NC3CC3)c(=O)[nH]2)cc1. The molecule has 1 heterocycles. The fourth-order valence-corrected chi connectivity index (χ4v) is 2.39. The number of hydrogen-bond donors (Lipinski definition) is 2. The summed E-state index contributed by atoms with van der Waals surface area (Å²) in [6, 6.07) is 7.67. The van der Waals surface area contributed by atoms with Crippen LogP contribution < -0.4 is 15.6 Å². The highest BCUT2D eigenvalue weighted by atomic mass is 16.5. The maximum absolute atomic E-state index is 12.2. The summed E-state index contributed by atoms with van der Waals surface area (Å²) in [6.45, 7) is 4.83. The number of H-pyrrole nitrogens is 1. The van der Waals surface area contributed by atoms with E-state index in [1.165, 1.54) is 0 Å². The molecular weight excluding hydrogens is 332 g/mol. The third kappa shape index (κ3) is 5.15. The van der Waals surface area contributed by atoms with Crippen molar-refractivity contribution in [2.45, 2.75) is 45.6 Å². The quantitative estimate of drug-likeness (QED) is 0.755. The van der Waals surface area contributed by atoms with Crippen LogP contribution in [-0.4, -0.2) is 33.7 Å². The number of benzene rings is 1. The molecule has 7 nitrogen and oxygen atoms in total. The maximum atomic E-state index is 12.2. The van der Waals surface area contributed by atoms with Gasteiger partial charge in [-0.1, -0.05) is 13.8 Å². The van der Waals surface area contributed by atoms with Crippen LogP contribution >= 0.6 is 0 Å². The number of hydrogen-bond acceptors (Lipinski definition) is 5. The zero-order valence-electron chi connectivity index (χ0n) is 15.1. The number of nitrogens with zero attached hydrogens (tertiary/aromatic N) is 2. The second-order valence-corrected chi connectivity index (χ2v) is 7.02. The first-order valence-corrected chi connectivity index (χ1v) is 8.99. The lowest BCUT2D eigenvalue weighted by Crippen LogP contribution is -2.27. The molecular formula is C19H24N4O3. The van der Waals surface area contributed by atoms with Gasteiger partial charge in [-0.25, -0.2) is 0 Å². The third-order valence-electron chi connectivity index (χ3n) is 4.01. The molecule has 0 atom stereocenters. The number of aromatic nitrogens is 3. The predicted octanol–water partition coefficient (Wildman–Crippen LogP) is 2.08. The van der Waals surface area contributed by atoms with Crippen molar-refractivity contribution >= 4 is 5.91 Å². The summed E-state index contributed by atoms with van der Waals surface area (Å²) >= 11 is 0.